The lowest BCUT2D eigenvalue weighted by molar-refractivity contribution is -0.385. The minimum atomic E-state index is -0.546. The number of hydrogen-bond acceptors (Lipinski definition) is 6. The van der Waals surface area contributed by atoms with Gasteiger partial charge >= 0.3 is 0 Å². The van der Waals surface area contributed by atoms with Gasteiger partial charge in [0.1, 0.15) is 11.3 Å². The second-order valence-corrected chi connectivity index (χ2v) is 5.96. The number of carbonyl (C=O) groups excluding carboxylic acids is 1. The topological polar surface area (TPSA) is 98.7 Å². The quantitative estimate of drug-likeness (QED) is 0.502. The van der Waals surface area contributed by atoms with Crippen molar-refractivity contribution in [2.24, 2.45) is 5.73 Å². The molecule has 0 unspecified atom stereocenters. The third-order valence-corrected chi connectivity index (χ3v) is 4.51. The van der Waals surface area contributed by atoms with Crippen LogP contribution in [0.2, 0.25) is 0 Å². The summed E-state index contributed by atoms with van der Waals surface area (Å²) in [5, 5.41) is 11.3. The molecule has 0 spiro atoms. The first-order valence-electron chi connectivity index (χ1n) is 6.93. The number of nitrogens with zero attached hydrogens (tertiary/aromatic N) is 2. The van der Waals surface area contributed by atoms with E-state index >= 15 is 0 Å². The molecule has 1 heterocycles. The Morgan fingerprint density at radius 1 is 1.43 bits per heavy atom. The third kappa shape index (κ3) is 4.27. The first-order chi connectivity index (χ1) is 10.5. The number of nitro groups is 1. The molecule has 1 saturated heterocycles. The lowest BCUT2D eigenvalue weighted by atomic mass is 10.0. The number of hydrogen-bond donors (Lipinski definition) is 1. The van der Waals surface area contributed by atoms with E-state index in [-0.39, 0.29) is 35.6 Å². The molecule has 9 heteroatoms. The summed E-state index contributed by atoms with van der Waals surface area (Å²) in [5.41, 5.74) is 5.71. The van der Waals surface area contributed by atoms with Crippen molar-refractivity contribution in [2.45, 2.75) is 23.8 Å². The highest BCUT2D eigenvalue weighted by Crippen LogP contribution is 2.35. The summed E-state index contributed by atoms with van der Waals surface area (Å²) >= 11 is 1.38. The van der Waals surface area contributed by atoms with E-state index in [4.69, 9.17) is 10.5 Å². The molecule has 1 fully saturated rings. The van der Waals surface area contributed by atoms with Gasteiger partial charge in [-0.25, -0.2) is 0 Å². The monoisotopic (exact) mass is 361 g/mol. The van der Waals surface area contributed by atoms with Gasteiger partial charge in [-0.05, 0) is 25.2 Å². The van der Waals surface area contributed by atoms with Crippen molar-refractivity contribution in [3.8, 4) is 5.75 Å². The molecule has 23 heavy (non-hydrogen) atoms. The van der Waals surface area contributed by atoms with Crippen molar-refractivity contribution in [3.63, 3.8) is 0 Å². The predicted octanol–water partition coefficient (Wildman–Crippen LogP) is 2.31. The Hall–Kier alpha value is -1.51. The summed E-state index contributed by atoms with van der Waals surface area (Å²) in [5.74, 6) is 0.0768. The summed E-state index contributed by atoms with van der Waals surface area (Å²) in [6.07, 6.45) is 3.26. The van der Waals surface area contributed by atoms with Gasteiger partial charge in [-0.15, -0.1) is 24.2 Å². The van der Waals surface area contributed by atoms with Crippen LogP contribution in [-0.4, -0.2) is 48.2 Å². The highest BCUT2D eigenvalue weighted by molar-refractivity contribution is 7.98. The lowest BCUT2D eigenvalue weighted by Crippen LogP contribution is -2.43. The summed E-state index contributed by atoms with van der Waals surface area (Å²) < 4.78 is 5.15. The largest absolute Gasteiger partial charge is 0.495 e. The number of thioether (sulfide) groups is 1. The number of rotatable bonds is 4. The maximum Gasteiger partial charge on any atom is 0.285 e. The molecule has 1 aliphatic rings. The molecule has 0 aromatic heterocycles. The fraction of sp³-hybridized carbons (Fsp3) is 0.500. The fourth-order valence-electron chi connectivity index (χ4n) is 2.46. The summed E-state index contributed by atoms with van der Waals surface area (Å²) in [4.78, 5) is 25.7. The minimum Gasteiger partial charge on any atom is -0.495 e. The molecule has 0 bridgehead atoms. The van der Waals surface area contributed by atoms with E-state index in [1.807, 2.05) is 6.26 Å². The molecular formula is C14H20ClN3O4S. The average molecular weight is 362 g/mol. The molecule has 1 amide bonds. The number of ether oxygens (including phenoxy) is 1. The van der Waals surface area contributed by atoms with Crippen molar-refractivity contribution in [1.29, 1.82) is 0 Å². The van der Waals surface area contributed by atoms with Crippen LogP contribution in [0.5, 0.6) is 5.75 Å². The van der Waals surface area contributed by atoms with Crippen LogP contribution < -0.4 is 10.5 Å². The van der Waals surface area contributed by atoms with Crippen molar-refractivity contribution in [3.05, 3.63) is 27.8 Å². The first-order valence-corrected chi connectivity index (χ1v) is 8.15. The molecule has 0 saturated carbocycles. The summed E-state index contributed by atoms with van der Waals surface area (Å²) in [6.45, 7) is 1.05. The molecule has 1 aliphatic heterocycles. The van der Waals surface area contributed by atoms with E-state index in [2.05, 4.69) is 0 Å². The molecule has 2 rings (SSSR count). The van der Waals surface area contributed by atoms with Gasteiger partial charge in [0.15, 0.2) is 0 Å². The number of halogens is 1. The smallest absolute Gasteiger partial charge is 0.285 e. The SMILES string of the molecule is COc1cc([N+](=O)[O-])c(C(=O)N2CCC(N)CC2)cc1SC.Cl. The number of nitrogens with two attached hydrogens (primary N) is 1. The van der Waals surface area contributed by atoms with Crippen LogP contribution in [0.1, 0.15) is 23.2 Å². The Labute approximate surface area is 145 Å². The molecule has 0 radical (unpaired) electrons. The van der Waals surface area contributed by atoms with Gasteiger partial charge in [0.2, 0.25) is 0 Å². The van der Waals surface area contributed by atoms with Gasteiger partial charge in [0.25, 0.3) is 11.6 Å². The Balaban J connectivity index is 0.00000264. The van der Waals surface area contributed by atoms with Crippen molar-refractivity contribution >= 4 is 35.8 Å². The molecule has 128 valence electrons. The third-order valence-electron chi connectivity index (χ3n) is 3.76. The van der Waals surface area contributed by atoms with Crippen LogP contribution in [0.3, 0.4) is 0 Å². The highest BCUT2D eigenvalue weighted by Gasteiger charge is 2.29. The molecule has 2 N–H and O–H groups in total. The maximum absolute atomic E-state index is 12.6. The number of amides is 1. The van der Waals surface area contributed by atoms with Gasteiger partial charge in [0.05, 0.1) is 23.0 Å². The van der Waals surface area contributed by atoms with Gasteiger partial charge in [-0.3, -0.25) is 14.9 Å². The van der Waals surface area contributed by atoms with Crippen molar-refractivity contribution in [2.75, 3.05) is 26.5 Å². The molecular weight excluding hydrogens is 342 g/mol. The fourth-order valence-corrected chi connectivity index (χ4v) is 3.04. The van der Waals surface area contributed by atoms with E-state index in [1.54, 1.807) is 11.0 Å². The zero-order valence-electron chi connectivity index (χ0n) is 13.0. The second-order valence-electron chi connectivity index (χ2n) is 5.11. The number of likely N-dealkylation sites (tertiary alicyclic amines) is 1. The molecule has 0 atom stereocenters. The van der Waals surface area contributed by atoms with E-state index < -0.39 is 4.92 Å². The zero-order chi connectivity index (χ0) is 16.3. The average Bonchev–Trinajstić information content (AvgIpc) is 2.53. The predicted molar refractivity (Wildman–Crippen MR) is 91.8 cm³/mol. The first kappa shape index (κ1) is 19.5. The Bertz CT molecular complexity index is 592. The van der Waals surface area contributed by atoms with Gasteiger partial charge in [-0.1, -0.05) is 0 Å². The number of benzene rings is 1. The standard InChI is InChI=1S/C14H19N3O4S.ClH/c1-21-12-8-11(17(19)20)10(7-13(12)22-2)14(18)16-5-3-9(15)4-6-16;/h7-9H,3-6,15H2,1-2H3;1H. The molecule has 0 aliphatic carbocycles. The number of nitro benzene ring substituents is 1. The summed E-state index contributed by atoms with van der Waals surface area (Å²) in [6, 6.07) is 2.95. The normalized spacial score (nSPS) is 15.0. The lowest BCUT2D eigenvalue weighted by Gasteiger charge is -2.30. The second kappa shape index (κ2) is 8.37. The molecule has 7 nitrogen and oxygen atoms in total. The van der Waals surface area contributed by atoms with Gasteiger partial charge < -0.3 is 15.4 Å². The Kier molecular flexibility index (Phi) is 7.11. The maximum atomic E-state index is 12.6. The zero-order valence-corrected chi connectivity index (χ0v) is 14.6. The van der Waals surface area contributed by atoms with E-state index in [1.165, 1.54) is 24.9 Å². The highest BCUT2D eigenvalue weighted by atomic mass is 35.5. The van der Waals surface area contributed by atoms with Crippen LogP contribution in [-0.2, 0) is 0 Å². The van der Waals surface area contributed by atoms with Crippen molar-refractivity contribution < 1.29 is 14.5 Å². The van der Waals surface area contributed by atoms with E-state index in [0.29, 0.717) is 36.6 Å². The number of piperidine rings is 1. The van der Waals surface area contributed by atoms with E-state index in [9.17, 15) is 14.9 Å². The van der Waals surface area contributed by atoms with Crippen LogP contribution in [0.15, 0.2) is 17.0 Å². The van der Waals surface area contributed by atoms with Crippen LogP contribution in [0, 0.1) is 10.1 Å². The minimum absolute atomic E-state index is 0. The van der Waals surface area contributed by atoms with Gasteiger partial charge in [-0.2, -0.15) is 0 Å². The summed E-state index contributed by atoms with van der Waals surface area (Å²) in [7, 11) is 1.45. The molecule has 1 aromatic carbocycles. The number of carbonyl (C=O) groups is 1. The number of methoxy groups -OCH3 is 1. The van der Waals surface area contributed by atoms with Crippen LogP contribution >= 0.6 is 24.2 Å². The van der Waals surface area contributed by atoms with Gasteiger partial charge in [0, 0.05) is 19.1 Å². The van der Waals surface area contributed by atoms with Crippen molar-refractivity contribution in [1.82, 2.24) is 4.90 Å². The van der Waals surface area contributed by atoms with Crippen LogP contribution in [0.4, 0.5) is 5.69 Å². The Morgan fingerprint density at radius 3 is 2.52 bits per heavy atom. The Morgan fingerprint density at radius 2 is 2.04 bits per heavy atom. The van der Waals surface area contributed by atoms with Crippen LogP contribution in [0.25, 0.3) is 0 Å². The van der Waals surface area contributed by atoms with E-state index in [0.717, 1.165) is 0 Å². The molecule has 1 aromatic rings.